The summed E-state index contributed by atoms with van der Waals surface area (Å²) >= 11 is 6.02. The van der Waals surface area contributed by atoms with Crippen LogP contribution in [0.4, 0.5) is 10.1 Å². The second-order valence-corrected chi connectivity index (χ2v) is 7.85. The number of rotatable bonds is 6. The summed E-state index contributed by atoms with van der Waals surface area (Å²) in [5, 5.41) is 3.23. The Kier molecular flexibility index (Phi) is 6.16. The zero-order valence-electron chi connectivity index (χ0n) is 13.7. The summed E-state index contributed by atoms with van der Waals surface area (Å²) < 4.78 is 38.7. The van der Waals surface area contributed by atoms with Crippen molar-refractivity contribution in [3.05, 3.63) is 64.4 Å². The van der Waals surface area contributed by atoms with E-state index < -0.39 is 27.8 Å². The molecular formula is C17H18ClFN2O3S. The van der Waals surface area contributed by atoms with Crippen LogP contribution in [-0.4, -0.2) is 20.6 Å². The Morgan fingerprint density at radius 2 is 1.84 bits per heavy atom. The molecule has 0 fully saturated rings. The highest BCUT2D eigenvalue weighted by molar-refractivity contribution is 7.88. The van der Waals surface area contributed by atoms with Crippen LogP contribution in [0, 0.1) is 12.7 Å². The topological polar surface area (TPSA) is 75.3 Å². The lowest BCUT2D eigenvalue weighted by Crippen LogP contribution is -2.30. The second kappa shape index (κ2) is 7.95. The molecule has 0 aliphatic rings. The summed E-state index contributed by atoms with van der Waals surface area (Å²) in [6.45, 7) is 1.77. The molecule has 0 aromatic heterocycles. The Balaban J connectivity index is 2.19. The van der Waals surface area contributed by atoms with Gasteiger partial charge in [0.2, 0.25) is 15.9 Å². The summed E-state index contributed by atoms with van der Waals surface area (Å²) in [4.78, 5) is 12.3. The molecule has 0 saturated carbocycles. The zero-order valence-corrected chi connectivity index (χ0v) is 15.3. The van der Waals surface area contributed by atoms with E-state index >= 15 is 0 Å². The molecule has 2 N–H and O–H groups in total. The third-order valence-electron chi connectivity index (χ3n) is 3.56. The maximum absolute atomic E-state index is 13.1. The summed E-state index contributed by atoms with van der Waals surface area (Å²) in [6.07, 6.45) is 0.854. The molecule has 5 nitrogen and oxygen atoms in total. The quantitative estimate of drug-likeness (QED) is 0.801. The minimum absolute atomic E-state index is 0.148. The summed E-state index contributed by atoms with van der Waals surface area (Å²) in [5.41, 5.74) is 1.76. The summed E-state index contributed by atoms with van der Waals surface area (Å²) in [5.74, 6) is -0.836. The molecule has 1 amide bonds. The van der Waals surface area contributed by atoms with E-state index in [1.54, 1.807) is 25.1 Å². The van der Waals surface area contributed by atoms with E-state index in [0.29, 0.717) is 21.8 Å². The van der Waals surface area contributed by atoms with Crippen molar-refractivity contribution in [1.82, 2.24) is 4.72 Å². The van der Waals surface area contributed by atoms with Crippen LogP contribution in [0.2, 0.25) is 5.02 Å². The standard InChI is InChI=1S/C17H18ClFN2O3S/c1-11-14(18)4-3-5-15(11)20-17(22)10-16(21-25(2,23)24)12-6-8-13(19)9-7-12/h3-9,16,21H,10H2,1-2H3,(H,20,22)/t16-/m1/s1. The molecule has 0 spiro atoms. The molecule has 0 radical (unpaired) electrons. The fourth-order valence-electron chi connectivity index (χ4n) is 2.31. The van der Waals surface area contributed by atoms with E-state index in [0.717, 1.165) is 6.26 Å². The van der Waals surface area contributed by atoms with Gasteiger partial charge in [0.15, 0.2) is 0 Å². The van der Waals surface area contributed by atoms with Gasteiger partial charge < -0.3 is 5.32 Å². The highest BCUT2D eigenvalue weighted by atomic mass is 35.5. The Morgan fingerprint density at radius 3 is 2.44 bits per heavy atom. The van der Waals surface area contributed by atoms with Crippen molar-refractivity contribution in [2.24, 2.45) is 0 Å². The molecule has 0 aliphatic carbocycles. The fraction of sp³-hybridized carbons (Fsp3) is 0.235. The number of sulfonamides is 1. The lowest BCUT2D eigenvalue weighted by Gasteiger charge is -2.18. The Labute approximate surface area is 151 Å². The first-order valence-corrected chi connectivity index (χ1v) is 9.70. The van der Waals surface area contributed by atoms with Gasteiger partial charge in [0.05, 0.1) is 12.3 Å². The van der Waals surface area contributed by atoms with Gasteiger partial charge >= 0.3 is 0 Å². The fourth-order valence-corrected chi connectivity index (χ4v) is 3.22. The SMILES string of the molecule is Cc1c(Cl)cccc1NC(=O)C[C@@H](NS(C)(=O)=O)c1ccc(F)cc1. The van der Waals surface area contributed by atoms with Crippen LogP contribution >= 0.6 is 11.6 Å². The normalized spacial score (nSPS) is 12.6. The van der Waals surface area contributed by atoms with Gasteiger partial charge in [-0.15, -0.1) is 0 Å². The van der Waals surface area contributed by atoms with Crippen LogP contribution in [-0.2, 0) is 14.8 Å². The molecule has 2 aromatic rings. The molecule has 2 rings (SSSR count). The summed E-state index contributed by atoms with van der Waals surface area (Å²) in [7, 11) is -3.56. The van der Waals surface area contributed by atoms with Crippen LogP contribution in [0.5, 0.6) is 0 Å². The van der Waals surface area contributed by atoms with Crippen molar-refractivity contribution in [2.45, 2.75) is 19.4 Å². The Hall–Kier alpha value is -1.96. The third kappa shape index (κ3) is 5.81. The first-order valence-electron chi connectivity index (χ1n) is 7.43. The first kappa shape index (κ1) is 19.4. The minimum atomic E-state index is -3.56. The lowest BCUT2D eigenvalue weighted by atomic mass is 10.0. The van der Waals surface area contributed by atoms with Gasteiger partial charge in [-0.05, 0) is 42.3 Å². The predicted molar refractivity (Wildman–Crippen MR) is 96.6 cm³/mol. The van der Waals surface area contributed by atoms with Gasteiger partial charge in [0.1, 0.15) is 5.82 Å². The number of hydrogen-bond acceptors (Lipinski definition) is 3. The van der Waals surface area contributed by atoms with Gasteiger partial charge in [0, 0.05) is 17.1 Å². The molecule has 25 heavy (non-hydrogen) atoms. The van der Waals surface area contributed by atoms with Crippen molar-refractivity contribution in [3.8, 4) is 0 Å². The van der Waals surface area contributed by atoms with E-state index in [-0.39, 0.29) is 6.42 Å². The van der Waals surface area contributed by atoms with E-state index in [1.807, 2.05) is 0 Å². The number of carbonyl (C=O) groups is 1. The van der Waals surface area contributed by atoms with Gasteiger partial charge in [-0.1, -0.05) is 29.8 Å². The predicted octanol–water partition coefficient (Wildman–Crippen LogP) is 3.41. The third-order valence-corrected chi connectivity index (χ3v) is 4.68. The zero-order chi connectivity index (χ0) is 18.6. The van der Waals surface area contributed by atoms with Crippen LogP contribution in [0.3, 0.4) is 0 Å². The molecule has 134 valence electrons. The highest BCUT2D eigenvalue weighted by Crippen LogP contribution is 2.24. The first-order chi connectivity index (χ1) is 11.7. The Morgan fingerprint density at radius 1 is 1.20 bits per heavy atom. The smallest absolute Gasteiger partial charge is 0.226 e. The largest absolute Gasteiger partial charge is 0.326 e. The van der Waals surface area contributed by atoms with E-state index in [9.17, 15) is 17.6 Å². The molecule has 0 bridgehead atoms. The van der Waals surface area contributed by atoms with Crippen LogP contribution in [0.1, 0.15) is 23.6 Å². The van der Waals surface area contributed by atoms with E-state index in [1.165, 1.54) is 24.3 Å². The van der Waals surface area contributed by atoms with Crippen LogP contribution in [0.15, 0.2) is 42.5 Å². The van der Waals surface area contributed by atoms with E-state index in [2.05, 4.69) is 10.0 Å². The number of amides is 1. The van der Waals surface area contributed by atoms with Crippen LogP contribution < -0.4 is 10.0 Å². The number of hydrogen-bond donors (Lipinski definition) is 2. The molecular weight excluding hydrogens is 367 g/mol. The molecule has 2 aromatic carbocycles. The van der Waals surface area contributed by atoms with Crippen molar-refractivity contribution in [2.75, 3.05) is 11.6 Å². The van der Waals surface area contributed by atoms with Gasteiger partial charge in [-0.3, -0.25) is 4.79 Å². The maximum Gasteiger partial charge on any atom is 0.226 e. The molecule has 1 atom stereocenters. The number of halogens is 2. The van der Waals surface area contributed by atoms with Gasteiger partial charge in [0.25, 0.3) is 0 Å². The van der Waals surface area contributed by atoms with Crippen molar-refractivity contribution in [1.29, 1.82) is 0 Å². The highest BCUT2D eigenvalue weighted by Gasteiger charge is 2.20. The van der Waals surface area contributed by atoms with Crippen molar-refractivity contribution < 1.29 is 17.6 Å². The molecule has 8 heteroatoms. The molecule has 0 unspecified atom stereocenters. The number of carbonyl (C=O) groups excluding carboxylic acids is 1. The molecule has 0 aliphatic heterocycles. The lowest BCUT2D eigenvalue weighted by molar-refractivity contribution is -0.116. The van der Waals surface area contributed by atoms with Gasteiger partial charge in [-0.25, -0.2) is 17.5 Å². The average Bonchev–Trinajstić information content (AvgIpc) is 2.50. The van der Waals surface area contributed by atoms with E-state index in [4.69, 9.17) is 11.6 Å². The number of benzene rings is 2. The van der Waals surface area contributed by atoms with Gasteiger partial charge in [-0.2, -0.15) is 0 Å². The van der Waals surface area contributed by atoms with Crippen LogP contribution in [0.25, 0.3) is 0 Å². The average molecular weight is 385 g/mol. The molecule has 0 saturated heterocycles. The van der Waals surface area contributed by atoms with Crippen molar-refractivity contribution in [3.63, 3.8) is 0 Å². The number of nitrogens with one attached hydrogen (secondary N) is 2. The van der Waals surface area contributed by atoms with Crippen molar-refractivity contribution >= 4 is 33.2 Å². The second-order valence-electron chi connectivity index (χ2n) is 5.66. The Bertz CT molecular complexity index is 870. The monoisotopic (exact) mass is 384 g/mol. The molecule has 0 heterocycles. The minimum Gasteiger partial charge on any atom is -0.326 e. The number of anilines is 1. The maximum atomic E-state index is 13.1. The summed E-state index contributed by atoms with van der Waals surface area (Å²) in [6, 6.07) is 9.62.